The van der Waals surface area contributed by atoms with Crippen molar-refractivity contribution in [3.8, 4) is 5.75 Å². The highest BCUT2D eigenvalue weighted by Crippen LogP contribution is 2.25. The molecule has 0 bridgehead atoms. The van der Waals surface area contributed by atoms with Gasteiger partial charge in [-0.15, -0.1) is 0 Å². The second kappa shape index (κ2) is 8.39. The maximum absolute atomic E-state index is 12.6. The van der Waals surface area contributed by atoms with Crippen LogP contribution in [0.5, 0.6) is 5.75 Å². The molecule has 1 aliphatic heterocycles. The van der Waals surface area contributed by atoms with Crippen molar-refractivity contribution >= 4 is 27.5 Å². The molecule has 0 spiro atoms. The van der Waals surface area contributed by atoms with Crippen molar-refractivity contribution in [1.29, 1.82) is 0 Å². The lowest BCUT2D eigenvalue weighted by Crippen LogP contribution is -2.34. The second-order valence-electron chi connectivity index (χ2n) is 6.25. The van der Waals surface area contributed by atoms with Crippen molar-refractivity contribution in [3.05, 3.63) is 58.6 Å². The van der Waals surface area contributed by atoms with Gasteiger partial charge in [0.25, 0.3) is 0 Å². The number of anilines is 1. The first-order valence-electron chi connectivity index (χ1n) is 8.59. The topological polar surface area (TPSA) is 32.8 Å². The van der Waals surface area contributed by atoms with Crippen molar-refractivity contribution in [2.75, 3.05) is 31.6 Å². The summed E-state index contributed by atoms with van der Waals surface area (Å²) in [4.78, 5) is 16.8. The molecule has 2 aromatic carbocycles. The molecule has 0 saturated heterocycles. The molecule has 2 aromatic rings. The third kappa shape index (κ3) is 4.54. The highest BCUT2D eigenvalue weighted by molar-refractivity contribution is 9.10. The third-order valence-electron chi connectivity index (χ3n) is 4.45. The minimum Gasteiger partial charge on any atom is -0.492 e. The zero-order valence-electron chi connectivity index (χ0n) is 14.5. The van der Waals surface area contributed by atoms with Crippen molar-refractivity contribution in [2.24, 2.45) is 0 Å². The number of carbonyl (C=O) groups excluding carboxylic acids is 1. The minimum absolute atomic E-state index is 0.195. The SMILES string of the molecule is CN1CCN(C(=O)CCCOc2ccccc2Br)Cc2ccccc21. The minimum atomic E-state index is 0.195. The highest BCUT2D eigenvalue weighted by atomic mass is 79.9. The van der Waals surface area contributed by atoms with E-state index in [9.17, 15) is 4.79 Å². The Labute approximate surface area is 157 Å². The smallest absolute Gasteiger partial charge is 0.223 e. The van der Waals surface area contributed by atoms with Crippen molar-refractivity contribution in [3.63, 3.8) is 0 Å². The lowest BCUT2D eigenvalue weighted by Gasteiger charge is -2.21. The molecule has 0 atom stereocenters. The molecule has 3 rings (SSSR count). The quantitative estimate of drug-likeness (QED) is 0.706. The average molecular weight is 403 g/mol. The molecule has 0 unspecified atom stereocenters. The Morgan fingerprint density at radius 3 is 2.72 bits per heavy atom. The predicted molar refractivity (Wildman–Crippen MR) is 104 cm³/mol. The third-order valence-corrected chi connectivity index (χ3v) is 5.11. The Hall–Kier alpha value is -2.01. The number of carbonyl (C=O) groups is 1. The van der Waals surface area contributed by atoms with Crippen LogP contribution in [0, 0.1) is 0 Å². The Morgan fingerprint density at radius 1 is 1.12 bits per heavy atom. The van der Waals surface area contributed by atoms with Gasteiger partial charge >= 0.3 is 0 Å². The number of halogens is 1. The highest BCUT2D eigenvalue weighted by Gasteiger charge is 2.20. The van der Waals surface area contributed by atoms with Crippen molar-refractivity contribution in [2.45, 2.75) is 19.4 Å². The molecule has 1 amide bonds. The number of likely N-dealkylation sites (N-methyl/N-ethyl adjacent to an activating group) is 1. The lowest BCUT2D eigenvalue weighted by molar-refractivity contribution is -0.131. The maximum atomic E-state index is 12.6. The van der Waals surface area contributed by atoms with E-state index < -0.39 is 0 Å². The second-order valence-corrected chi connectivity index (χ2v) is 7.10. The molecule has 0 N–H and O–H groups in total. The van der Waals surface area contributed by atoms with E-state index in [1.807, 2.05) is 41.3 Å². The molecule has 0 fully saturated rings. The fourth-order valence-electron chi connectivity index (χ4n) is 3.03. The van der Waals surface area contributed by atoms with Gasteiger partial charge in [0.1, 0.15) is 5.75 Å². The molecule has 1 aliphatic rings. The summed E-state index contributed by atoms with van der Waals surface area (Å²) in [7, 11) is 2.08. The molecular formula is C20H23BrN2O2. The van der Waals surface area contributed by atoms with Crippen LogP contribution in [0.1, 0.15) is 18.4 Å². The first-order valence-corrected chi connectivity index (χ1v) is 9.38. The number of para-hydroxylation sites is 2. The average Bonchev–Trinajstić information content (AvgIpc) is 2.79. The fourth-order valence-corrected chi connectivity index (χ4v) is 3.43. The molecule has 0 saturated carbocycles. The molecule has 1 heterocycles. The van der Waals surface area contributed by atoms with Gasteiger partial charge in [-0.3, -0.25) is 4.79 Å². The van der Waals surface area contributed by atoms with E-state index in [-0.39, 0.29) is 5.91 Å². The molecule has 0 aliphatic carbocycles. The van der Waals surface area contributed by atoms with Gasteiger partial charge in [0.15, 0.2) is 0 Å². The van der Waals surface area contributed by atoms with Gasteiger partial charge in [0.05, 0.1) is 11.1 Å². The lowest BCUT2D eigenvalue weighted by atomic mass is 10.1. The van der Waals surface area contributed by atoms with E-state index in [1.165, 1.54) is 11.3 Å². The van der Waals surface area contributed by atoms with E-state index in [2.05, 4.69) is 40.0 Å². The van der Waals surface area contributed by atoms with Crippen LogP contribution in [0.15, 0.2) is 53.0 Å². The van der Waals surface area contributed by atoms with Crippen LogP contribution in [-0.4, -0.2) is 37.6 Å². The van der Waals surface area contributed by atoms with Gasteiger partial charge < -0.3 is 14.5 Å². The van der Waals surface area contributed by atoms with Gasteiger partial charge in [-0.1, -0.05) is 30.3 Å². The predicted octanol–water partition coefficient (Wildman–Crippen LogP) is 4.09. The molecule has 4 nitrogen and oxygen atoms in total. The van der Waals surface area contributed by atoms with Crippen LogP contribution in [0.25, 0.3) is 0 Å². The first-order chi connectivity index (χ1) is 12.1. The van der Waals surface area contributed by atoms with E-state index in [0.29, 0.717) is 26.0 Å². The fraction of sp³-hybridized carbons (Fsp3) is 0.350. The molecular weight excluding hydrogens is 380 g/mol. The van der Waals surface area contributed by atoms with Gasteiger partial charge in [-0.2, -0.15) is 0 Å². The number of nitrogens with zero attached hydrogens (tertiary/aromatic N) is 2. The van der Waals surface area contributed by atoms with Gasteiger partial charge in [0.2, 0.25) is 5.91 Å². The number of rotatable bonds is 5. The monoisotopic (exact) mass is 402 g/mol. The van der Waals surface area contributed by atoms with Gasteiger partial charge in [-0.25, -0.2) is 0 Å². The summed E-state index contributed by atoms with van der Waals surface area (Å²) in [6.45, 7) is 2.84. The largest absolute Gasteiger partial charge is 0.492 e. The van der Waals surface area contributed by atoms with Gasteiger partial charge in [0, 0.05) is 38.8 Å². The molecule has 0 radical (unpaired) electrons. The van der Waals surface area contributed by atoms with E-state index in [1.54, 1.807) is 0 Å². The Morgan fingerprint density at radius 2 is 1.88 bits per heavy atom. The summed E-state index contributed by atoms with van der Waals surface area (Å²) in [5, 5.41) is 0. The van der Waals surface area contributed by atoms with Crippen LogP contribution in [0.2, 0.25) is 0 Å². The summed E-state index contributed by atoms with van der Waals surface area (Å²) in [6.07, 6.45) is 1.23. The summed E-state index contributed by atoms with van der Waals surface area (Å²) < 4.78 is 6.69. The number of hydrogen-bond acceptors (Lipinski definition) is 3. The zero-order valence-corrected chi connectivity index (χ0v) is 16.0. The Bertz CT molecular complexity index is 735. The van der Waals surface area contributed by atoms with Crippen LogP contribution in [0.4, 0.5) is 5.69 Å². The Balaban J connectivity index is 1.51. The van der Waals surface area contributed by atoms with E-state index in [0.717, 1.165) is 23.3 Å². The molecule has 5 heteroatoms. The van der Waals surface area contributed by atoms with Crippen LogP contribution in [-0.2, 0) is 11.3 Å². The number of fused-ring (bicyclic) bond motifs is 1. The summed E-state index contributed by atoms with van der Waals surface area (Å²) >= 11 is 3.46. The summed E-state index contributed by atoms with van der Waals surface area (Å²) in [5.41, 5.74) is 2.43. The van der Waals surface area contributed by atoms with Crippen LogP contribution in [0.3, 0.4) is 0 Å². The number of ether oxygens (including phenoxy) is 1. The first kappa shape index (κ1) is 17.8. The Kier molecular flexibility index (Phi) is 5.97. The maximum Gasteiger partial charge on any atom is 0.223 e. The summed E-state index contributed by atoms with van der Waals surface area (Å²) in [5.74, 6) is 1.01. The van der Waals surface area contributed by atoms with Crippen molar-refractivity contribution in [1.82, 2.24) is 4.90 Å². The van der Waals surface area contributed by atoms with E-state index >= 15 is 0 Å². The number of amides is 1. The molecule has 0 aromatic heterocycles. The van der Waals surface area contributed by atoms with Gasteiger partial charge in [-0.05, 0) is 46.1 Å². The normalized spacial score (nSPS) is 14.0. The van der Waals surface area contributed by atoms with Crippen LogP contribution >= 0.6 is 15.9 Å². The van der Waals surface area contributed by atoms with Crippen LogP contribution < -0.4 is 9.64 Å². The summed E-state index contributed by atoms with van der Waals surface area (Å²) in [6, 6.07) is 16.1. The standard InChI is InChI=1S/C20H23BrN2O2/c1-22-12-13-23(15-16-7-2-4-9-18(16)22)20(24)11-6-14-25-19-10-5-3-8-17(19)21/h2-5,7-10H,6,11-15H2,1H3. The van der Waals surface area contributed by atoms with E-state index in [4.69, 9.17) is 4.74 Å². The molecule has 25 heavy (non-hydrogen) atoms. The molecule has 132 valence electrons. The van der Waals surface area contributed by atoms with Crippen molar-refractivity contribution < 1.29 is 9.53 Å². The number of benzene rings is 2. The number of hydrogen-bond donors (Lipinski definition) is 0. The zero-order chi connectivity index (χ0) is 17.6.